The summed E-state index contributed by atoms with van der Waals surface area (Å²) in [7, 11) is 3.94. The van der Waals surface area contributed by atoms with Gasteiger partial charge in [-0.3, -0.25) is 0 Å². The van der Waals surface area contributed by atoms with E-state index in [2.05, 4.69) is 16.9 Å². The lowest BCUT2D eigenvalue weighted by atomic mass is 10.3. The number of hydrogen-bond donors (Lipinski definition) is 1. The van der Waals surface area contributed by atoms with E-state index in [-0.39, 0.29) is 0 Å². The Balaban J connectivity index is 2.46. The van der Waals surface area contributed by atoms with E-state index in [1.54, 1.807) is 0 Å². The normalized spacial score (nSPS) is 10.1. The van der Waals surface area contributed by atoms with Crippen molar-refractivity contribution >= 4 is 17.4 Å². The summed E-state index contributed by atoms with van der Waals surface area (Å²) in [5.74, 6) is 0.959. The zero-order valence-electron chi connectivity index (χ0n) is 9.13. The van der Waals surface area contributed by atoms with Gasteiger partial charge in [0.05, 0.1) is 0 Å². The third kappa shape index (κ3) is 4.32. The molecule has 0 bridgehead atoms. The van der Waals surface area contributed by atoms with Gasteiger partial charge in [-0.2, -0.15) is 0 Å². The van der Waals surface area contributed by atoms with Gasteiger partial charge in [-0.1, -0.05) is 24.2 Å². The summed E-state index contributed by atoms with van der Waals surface area (Å²) in [5, 5.41) is 3.78. The minimum absolute atomic E-state index is 0.618. The number of nitrogens with zero attached hydrogens (tertiary/aromatic N) is 2. The Bertz CT molecular complexity index is 319. The van der Waals surface area contributed by atoms with Crippen LogP contribution in [0.2, 0.25) is 0 Å². The van der Waals surface area contributed by atoms with Crippen LogP contribution in [0.15, 0.2) is 29.9 Å². The molecule has 1 heterocycles. The highest BCUT2D eigenvalue weighted by molar-refractivity contribution is 6.29. The zero-order valence-corrected chi connectivity index (χ0v) is 9.88. The topological polar surface area (TPSA) is 28.2 Å². The first-order valence-electron chi connectivity index (χ1n) is 4.76. The van der Waals surface area contributed by atoms with Gasteiger partial charge in [0.15, 0.2) is 0 Å². The third-order valence-electron chi connectivity index (χ3n) is 1.91. The molecule has 0 aliphatic carbocycles. The second kappa shape index (κ2) is 5.73. The van der Waals surface area contributed by atoms with E-state index in [1.807, 2.05) is 37.3 Å². The van der Waals surface area contributed by atoms with Gasteiger partial charge in [-0.25, -0.2) is 4.98 Å². The summed E-state index contributed by atoms with van der Waals surface area (Å²) >= 11 is 5.63. The molecule has 0 aromatic carbocycles. The van der Waals surface area contributed by atoms with Gasteiger partial charge < -0.3 is 10.2 Å². The van der Waals surface area contributed by atoms with Gasteiger partial charge in [-0.05, 0) is 11.6 Å². The van der Waals surface area contributed by atoms with Crippen LogP contribution in [0.4, 0.5) is 5.82 Å². The molecular formula is C11H16ClN3. The van der Waals surface area contributed by atoms with Gasteiger partial charge in [0.2, 0.25) is 0 Å². The summed E-state index contributed by atoms with van der Waals surface area (Å²) in [6.45, 7) is 4.98. The summed E-state index contributed by atoms with van der Waals surface area (Å²) < 4.78 is 0. The molecule has 15 heavy (non-hydrogen) atoms. The maximum Gasteiger partial charge on any atom is 0.127 e. The number of rotatable bonds is 5. The number of aromatic nitrogens is 1. The van der Waals surface area contributed by atoms with Crippen LogP contribution in [-0.4, -0.2) is 25.6 Å². The Morgan fingerprint density at radius 1 is 1.53 bits per heavy atom. The van der Waals surface area contributed by atoms with Gasteiger partial charge >= 0.3 is 0 Å². The van der Waals surface area contributed by atoms with Crippen LogP contribution < -0.4 is 10.2 Å². The van der Waals surface area contributed by atoms with E-state index >= 15 is 0 Å². The Labute approximate surface area is 95.8 Å². The van der Waals surface area contributed by atoms with Crippen molar-refractivity contribution in [2.24, 2.45) is 0 Å². The maximum atomic E-state index is 5.63. The Morgan fingerprint density at radius 3 is 2.73 bits per heavy atom. The van der Waals surface area contributed by atoms with Crippen molar-refractivity contribution in [2.45, 2.75) is 6.54 Å². The molecule has 0 spiro atoms. The summed E-state index contributed by atoms with van der Waals surface area (Å²) in [4.78, 5) is 6.28. The Hall–Kier alpha value is -1.06. The van der Waals surface area contributed by atoms with Crippen LogP contribution in [0, 0.1) is 0 Å². The molecule has 4 heteroatoms. The molecule has 0 unspecified atom stereocenters. The minimum atomic E-state index is 0.618. The van der Waals surface area contributed by atoms with Crippen LogP contribution in [0.25, 0.3) is 0 Å². The standard InChI is InChI=1S/C11H16ClN3/c1-9(12)6-13-7-10-4-5-11(14-8-10)15(2)3/h4-5,8,13H,1,6-7H2,2-3H3. The number of nitrogens with one attached hydrogen (secondary N) is 1. The Kier molecular flexibility index (Phi) is 4.59. The van der Waals surface area contributed by atoms with Crippen LogP contribution in [0.1, 0.15) is 5.56 Å². The summed E-state index contributed by atoms with van der Waals surface area (Å²) in [5.41, 5.74) is 1.14. The molecule has 0 fully saturated rings. The van der Waals surface area contributed by atoms with Gasteiger partial charge in [0, 0.05) is 38.4 Å². The van der Waals surface area contributed by atoms with Crippen molar-refractivity contribution in [1.82, 2.24) is 10.3 Å². The van der Waals surface area contributed by atoms with Crippen molar-refractivity contribution in [2.75, 3.05) is 25.5 Å². The summed E-state index contributed by atoms with van der Waals surface area (Å²) in [6.07, 6.45) is 1.86. The first kappa shape index (κ1) is 12.0. The molecule has 0 saturated carbocycles. The fourth-order valence-corrected chi connectivity index (χ4v) is 1.22. The average molecular weight is 226 g/mol. The third-order valence-corrected chi connectivity index (χ3v) is 2.05. The smallest absolute Gasteiger partial charge is 0.127 e. The minimum Gasteiger partial charge on any atom is -0.363 e. The number of pyridine rings is 1. The lowest BCUT2D eigenvalue weighted by Gasteiger charge is -2.11. The quantitative estimate of drug-likeness (QED) is 0.831. The highest BCUT2D eigenvalue weighted by atomic mass is 35.5. The monoisotopic (exact) mass is 225 g/mol. The molecule has 1 aromatic heterocycles. The van der Waals surface area contributed by atoms with Crippen molar-refractivity contribution < 1.29 is 0 Å². The van der Waals surface area contributed by atoms with Crippen molar-refractivity contribution in [1.29, 1.82) is 0 Å². The van der Waals surface area contributed by atoms with Crippen LogP contribution in [0.3, 0.4) is 0 Å². The second-order valence-electron chi connectivity index (χ2n) is 3.54. The van der Waals surface area contributed by atoms with E-state index in [0.717, 1.165) is 17.9 Å². The highest BCUT2D eigenvalue weighted by Gasteiger charge is 1.97. The fraction of sp³-hybridized carbons (Fsp3) is 0.364. The molecule has 0 aliphatic rings. The van der Waals surface area contributed by atoms with E-state index in [4.69, 9.17) is 11.6 Å². The molecule has 0 radical (unpaired) electrons. The van der Waals surface area contributed by atoms with E-state index in [1.165, 1.54) is 0 Å². The zero-order chi connectivity index (χ0) is 11.3. The lowest BCUT2D eigenvalue weighted by Crippen LogP contribution is -2.15. The van der Waals surface area contributed by atoms with Crippen molar-refractivity contribution in [3.8, 4) is 0 Å². The van der Waals surface area contributed by atoms with Gasteiger partial charge in [0.1, 0.15) is 5.82 Å². The molecule has 1 N–H and O–H groups in total. The molecule has 1 aromatic rings. The molecule has 1 rings (SSSR count). The molecular weight excluding hydrogens is 210 g/mol. The lowest BCUT2D eigenvalue weighted by molar-refractivity contribution is 0.752. The van der Waals surface area contributed by atoms with Gasteiger partial charge in [0.25, 0.3) is 0 Å². The van der Waals surface area contributed by atoms with Crippen LogP contribution in [0.5, 0.6) is 0 Å². The largest absolute Gasteiger partial charge is 0.363 e. The first-order chi connectivity index (χ1) is 7.09. The maximum absolute atomic E-state index is 5.63. The SMILES string of the molecule is C=C(Cl)CNCc1ccc(N(C)C)nc1. The average Bonchev–Trinajstić information content (AvgIpc) is 2.18. The fourth-order valence-electron chi connectivity index (χ4n) is 1.13. The van der Waals surface area contributed by atoms with Crippen molar-refractivity contribution in [3.63, 3.8) is 0 Å². The predicted molar refractivity (Wildman–Crippen MR) is 65.3 cm³/mol. The molecule has 0 aliphatic heterocycles. The molecule has 0 amide bonds. The second-order valence-corrected chi connectivity index (χ2v) is 4.07. The van der Waals surface area contributed by atoms with E-state index in [0.29, 0.717) is 11.6 Å². The van der Waals surface area contributed by atoms with Crippen molar-refractivity contribution in [3.05, 3.63) is 35.5 Å². The van der Waals surface area contributed by atoms with Crippen LogP contribution in [-0.2, 0) is 6.54 Å². The Morgan fingerprint density at radius 2 is 2.27 bits per heavy atom. The molecule has 82 valence electrons. The van der Waals surface area contributed by atoms with E-state index in [9.17, 15) is 0 Å². The van der Waals surface area contributed by atoms with Crippen LogP contribution >= 0.6 is 11.6 Å². The van der Waals surface area contributed by atoms with Gasteiger partial charge in [-0.15, -0.1) is 0 Å². The molecule has 0 atom stereocenters. The van der Waals surface area contributed by atoms with E-state index < -0.39 is 0 Å². The molecule has 0 saturated heterocycles. The highest BCUT2D eigenvalue weighted by Crippen LogP contribution is 2.07. The first-order valence-corrected chi connectivity index (χ1v) is 5.13. The number of anilines is 1. The summed E-state index contributed by atoms with van der Waals surface area (Å²) in [6, 6.07) is 4.04. The number of hydrogen-bond acceptors (Lipinski definition) is 3. The predicted octanol–water partition coefficient (Wildman–Crippen LogP) is 1.99. The molecule has 3 nitrogen and oxygen atoms in total. The number of halogens is 1.